The molecule has 0 spiro atoms. The van der Waals surface area contributed by atoms with Gasteiger partial charge in [0.05, 0.1) is 20.8 Å². The SMILES string of the molecule is Cc1csc(=NC(=O)c2cc3ccccc3oc2=O)n1-c1cc(Cl)c(Cl)cc1Cl. The number of hydrogen-bond donors (Lipinski definition) is 0. The van der Waals surface area contributed by atoms with E-state index in [1.807, 2.05) is 12.3 Å². The predicted molar refractivity (Wildman–Crippen MR) is 116 cm³/mol. The van der Waals surface area contributed by atoms with E-state index in [-0.39, 0.29) is 5.56 Å². The molecule has 2 heterocycles. The summed E-state index contributed by atoms with van der Waals surface area (Å²) < 4.78 is 6.90. The first-order chi connectivity index (χ1) is 13.8. The Morgan fingerprint density at radius 3 is 2.59 bits per heavy atom. The average Bonchev–Trinajstić information content (AvgIpc) is 3.04. The number of rotatable bonds is 2. The molecular formula is C20H11Cl3N2O3S. The molecular weight excluding hydrogens is 455 g/mol. The first kappa shape index (κ1) is 19.9. The summed E-state index contributed by atoms with van der Waals surface area (Å²) in [5.74, 6) is -0.712. The summed E-state index contributed by atoms with van der Waals surface area (Å²) >= 11 is 19.7. The predicted octanol–water partition coefficient (Wildman–Crippen LogP) is 5.65. The molecule has 9 heteroatoms. The van der Waals surface area contributed by atoms with Crippen LogP contribution in [0.1, 0.15) is 16.1 Å². The summed E-state index contributed by atoms with van der Waals surface area (Å²) in [4.78, 5) is 29.5. The Morgan fingerprint density at radius 2 is 1.79 bits per heavy atom. The van der Waals surface area contributed by atoms with Gasteiger partial charge in [-0.1, -0.05) is 53.0 Å². The van der Waals surface area contributed by atoms with Gasteiger partial charge in [0, 0.05) is 16.5 Å². The molecule has 4 rings (SSSR count). The van der Waals surface area contributed by atoms with Gasteiger partial charge in [0.25, 0.3) is 5.91 Å². The van der Waals surface area contributed by atoms with Crippen molar-refractivity contribution in [1.29, 1.82) is 0 Å². The number of amides is 1. The second-order valence-corrected chi connectivity index (χ2v) is 8.17. The minimum absolute atomic E-state index is 0.151. The maximum absolute atomic E-state index is 12.8. The zero-order valence-corrected chi connectivity index (χ0v) is 17.9. The van der Waals surface area contributed by atoms with Gasteiger partial charge in [-0.3, -0.25) is 9.36 Å². The largest absolute Gasteiger partial charge is 0.422 e. The van der Waals surface area contributed by atoms with Gasteiger partial charge < -0.3 is 4.42 Å². The number of carbonyl (C=O) groups is 1. The highest BCUT2D eigenvalue weighted by Crippen LogP contribution is 2.31. The Labute approximate surface area is 183 Å². The van der Waals surface area contributed by atoms with Crippen molar-refractivity contribution in [2.75, 3.05) is 0 Å². The van der Waals surface area contributed by atoms with Crippen LogP contribution in [0.15, 0.2) is 62.0 Å². The number of thiazole rings is 1. The topological polar surface area (TPSA) is 64.6 Å². The summed E-state index contributed by atoms with van der Waals surface area (Å²) in [6.45, 7) is 1.84. The van der Waals surface area contributed by atoms with E-state index >= 15 is 0 Å². The minimum Gasteiger partial charge on any atom is -0.422 e. The van der Waals surface area contributed by atoms with Crippen LogP contribution in [-0.4, -0.2) is 10.5 Å². The summed E-state index contributed by atoms with van der Waals surface area (Å²) in [5.41, 5.74) is 0.814. The number of hydrogen-bond acceptors (Lipinski definition) is 4. The number of fused-ring (bicyclic) bond motifs is 1. The Balaban J connectivity index is 1.87. The molecule has 0 fully saturated rings. The van der Waals surface area contributed by atoms with Crippen LogP contribution in [0.3, 0.4) is 0 Å². The van der Waals surface area contributed by atoms with Crippen molar-refractivity contribution < 1.29 is 9.21 Å². The van der Waals surface area contributed by atoms with E-state index in [1.165, 1.54) is 23.5 Å². The molecule has 0 bridgehead atoms. The first-order valence-corrected chi connectivity index (χ1v) is 10.3. The van der Waals surface area contributed by atoms with Crippen molar-refractivity contribution in [2.24, 2.45) is 4.99 Å². The number of aryl methyl sites for hydroxylation is 1. The third-order valence-corrected chi connectivity index (χ3v) is 6.15. The van der Waals surface area contributed by atoms with Crippen LogP contribution in [-0.2, 0) is 0 Å². The van der Waals surface area contributed by atoms with Crippen LogP contribution < -0.4 is 10.4 Å². The van der Waals surface area contributed by atoms with Gasteiger partial charge in [0.2, 0.25) is 0 Å². The molecule has 1 amide bonds. The van der Waals surface area contributed by atoms with Crippen LogP contribution in [0.5, 0.6) is 0 Å². The van der Waals surface area contributed by atoms with Gasteiger partial charge in [0.1, 0.15) is 11.1 Å². The molecule has 2 aromatic carbocycles. The van der Waals surface area contributed by atoms with Crippen molar-refractivity contribution in [2.45, 2.75) is 6.92 Å². The third-order valence-electron chi connectivity index (χ3n) is 4.18. The maximum atomic E-state index is 12.8. The molecule has 0 saturated carbocycles. The first-order valence-electron chi connectivity index (χ1n) is 8.29. The molecule has 4 aromatic rings. The van der Waals surface area contributed by atoms with Crippen molar-refractivity contribution in [1.82, 2.24) is 4.57 Å². The molecule has 0 saturated heterocycles. The Bertz CT molecular complexity index is 1400. The van der Waals surface area contributed by atoms with E-state index < -0.39 is 11.5 Å². The van der Waals surface area contributed by atoms with Gasteiger partial charge in [-0.25, -0.2) is 4.79 Å². The number of carbonyl (C=O) groups excluding carboxylic acids is 1. The molecule has 0 N–H and O–H groups in total. The maximum Gasteiger partial charge on any atom is 0.349 e. The van der Waals surface area contributed by atoms with E-state index in [9.17, 15) is 9.59 Å². The van der Waals surface area contributed by atoms with Gasteiger partial charge in [-0.15, -0.1) is 11.3 Å². The van der Waals surface area contributed by atoms with E-state index in [4.69, 9.17) is 39.2 Å². The number of para-hydroxylation sites is 1. The van der Waals surface area contributed by atoms with Crippen LogP contribution in [0, 0.1) is 6.92 Å². The summed E-state index contributed by atoms with van der Waals surface area (Å²) in [7, 11) is 0. The lowest BCUT2D eigenvalue weighted by Gasteiger charge is -2.10. The molecule has 0 aliphatic rings. The van der Waals surface area contributed by atoms with Gasteiger partial charge >= 0.3 is 5.63 Å². The van der Waals surface area contributed by atoms with E-state index in [2.05, 4.69) is 4.99 Å². The molecule has 0 atom stereocenters. The summed E-state index contributed by atoms with van der Waals surface area (Å²) in [5, 5.41) is 3.43. The number of benzene rings is 2. The fourth-order valence-corrected chi connectivity index (χ4v) is 4.30. The van der Waals surface area contributed by atoms with Crippen LogP contribution in [0.2, 0.25) is 15.1 Å². The Morgan fingerprint density at radius 1 is 1.07 bits per heavy atom. The lowest BCUT2D eigenvalue weighted by Crippen LogP contribution is -2.19. The van der Waals surface area contributed by atoms with E-state index in [0.717, 1.165) is 5.69 Å². The van der Waals surface area contributed by atoms with Crippen LogP contribution >= 0.6 is 46.1 Å². The van der Waals surface area contributed by atoms with Gasteiger partial charge in [-0.2, -0.15) is 4.99 Å². The monoisotopic (exact) mass is 464 g/mol. The molecule has 5 nitrogen and oxygen atoms in total. The normalized spacial score (nSPS) is 11.9. The smallest absolute Gasteiger partial charge is 0.349 e. The van der Waals surface area contributed by atoms with Crippen molar-refractivity contribution in [3.05, 3.63) is 89.4 Å². The highest BCUT2D eigenvalue weighted by atomic mass is 35.5. The molecule has 0 radical (unpaired) electrons. The van der Waals surface area contributed by atoms with Crippen LogP contribution in [0.4, 0.5) is 0 Å². The van der Waals surface area contributed by atoms with Gasteiger partial charge in [-0.05, 0) is 31.2 Å². The van der Waals surface area contributed by atoms with Gasteiger partial charge in [0.15, 0.2) is 4.80 Å². The van der Waals surface area contributed by atoms with Crippen molar-refractivity contribution in [3.8, 4) is 5.69 Å². The highest BCUT2D eigenvalue weighted by Gasteiger charge is 2.16. The second kappa shape index (κ2) is 7.80. The highest BCUT2D eigenvalue weighted by molar-refractivity contribution is 7.07. The molecule has 0 aliphatic carbocycles. The number of aromatic nitrogens is 1. The van der Waals surface area contributed by atoms with Crippen molar-refractivity contribution in [3.63, 3.8) is 0 Å². The molecule has 146 valence electrons. The van der Waals surface area contributed by atoms with Crippen LogP contribution in [0.25, 0.3) is 16.7 Å². The van der Waals surface area contributed by atoms with E-state index in [0.29, 0.717) is 36.5 Å². The van der Waals surface area contributed by atoms with E-state index in [1.54, 1.807) is 34.9 Å². The van der Waals surface area contributed by atoms with Crippen molar-refractivity contribution >= 4 is 63.0 Å². The zero-order chi connectivity index (χ0) is 20.7. The Hall–Kier alpha value is -2.38. The zero-order valence-electron chi connectivity index (χ0n) is 14.8. The Kier molecular flexibility index (Phi) is 5.36. The number of halogens is 3. The summed E-state index contributed by atoms with van der Waals surface area (Å²) in [6, 6.07) is 11.5. The average molecular weight is 466 g/mol. The molecule has 0 unspecified atom stereocenters. The molecule has 0 aliphatic heterocycles. The molecule has 2 aromatic heterocycles. The summed E-state index contributed by atoms with van der Waals surface area (Å²) in [6.07, 6.45) is 0. The fraction of sp³-hybridized carbons (Fsp3) is 0.0500. The molecule has 29 heavy (non-hydrogen) atoms. The quantitative estimate of drug-likeness (QED) is 0.284. The number of nitrogens with zero attached hydrogens (tertiary/aromatic N) is 2. The second-order valence-electron chi connectivity index (χ2n) is 6.12. The lowest BCUT2D eigenvalue weighted by molar-refractivity contribution is 0.0995. The fourth-order valence-electron chi connectivity index (χ4n) is 2.81. The minimum atomic E-state index is -0.746. The standard InChI is InChI=1S/C20H11Cl3N2O3S/c1-10-9-29-20(25(10)16-8-14(22)13(21)7-15(16)23)24-18(26)12-6-11-4-2-3-5-17(11)28-19(12)27/h2-9H,1H3. The lowest BCUT2D eigenvalue weighted by atomic mass is 10.2. The third kappa shape index (κ3) is 3.76.